The molecule has 17 heavy (non-hydrogen) atoms. The Morgan fingerprint density at radius 3 is 2.76 bits per heavy atom. The molecule has 1 N–H and O–H groups in total. The number of aliphatic carboxylic acids is 1. The minimum Gasteiger partial charge on any atom is -0.479 e. The maximum atomic E-state index is 11.0. The Balaban J connectivity index is 2.88. The van der Waals surface area contributed by atoms with Crippen molar-refractivity contribution in [2.24, 2.45) is 0 Å². The molecule has 0 spiro atoms. The minimum atomic E-state index is -0.915. The quantitative estimate of drug-likeness (QED) is 0.821. The SMILES string of the molecule is C/C=C/c1ccccc1OC(CCC)C(=O)O. The lowest BCUT2D eigenvalue weighted by atomic mass is 10.1. The molecule has 0 radical (unpaired) electrons. The molecule has 92 valence electrons. The number of carboxylic acids is 1. The number of carboxylic acid groups (broad SMARTS) is 1. The molecule has 0 aromatic heterocycles. The Labute approximate surface area is 102 Å². The summed E-state index contributed by atoms with van der Waals surface area (Å²) in [6, 6.07) is 7.44. The normalized spacial score (nSPS) is 12.6. The number of rotatable bonds is 6. The number of benzene rings is 1. The molecule has 1 unspecified atom stereocenters. The van der Waals surface area contributed by atoms with Crippen molar-refractivity contribution in [2.75, 3.05) is 0 Å². The van der Waals surface area contributed by atoms with Crippen LogP contribution in [0.15, 0.2) is 30.3 Å². The van der Waals surface area contributed by atoms with E-state index in [-0.39, 0.29) is 0 Å². The molecule has 0 aliphatic rings. The fourth-order valence-electron chi connectivity index (χ4n) is 1.55. The zero-order chi connectivity index (χ0) is 12.7. The number of hydrogen-bond donors (Lipinski definition) is 1. The van der Waals surface area contributed by atoms with Crippen molar-refractivity contribution in [3.63, 3.8) is 0 Å². The number of carbonyl (C=O) groups is 1. The molecule has 0 bridgehead atoms. The van der Waals surface area contributed by atoms with Crippen molar-refractivity contribution in [3.8, 4) is 5.75 Å². The highest BCUT2D eigenvalue weighted by Crippen LogP contribution is 2.22. The third kappa shape index (κ3) is 3.94. The molecule has 0 saturated heterocycles. The molecule has 0 aliphatic carbocycles. The van der Waals surface area contributed by atoms with Crippen molar-refractivity contribution in [2.45, 2.75) is 32.8 Å². The Morgan fingerprint density at radius 2 is 2.18 bits per heavy atom. The van der Waals surface area contributed by atoms with Crippen LogP contribution in [0.2, 0.25) is 0 Å². The molecule has 1 aromatic rings. The summed E-state index contributed by atoms with van der Waals surface area (Å²) in [7, 11) is 0. The summed E-state index contributed by atoms with van der Waals surface area (Å²) in [5.74, 6) is -0.298. The van der Waals surface area contributed by atoms with Crippen molar-refractivity contribution in [1.82, 2.24) is 0 Å². The summed E-state index contributed by atoms with van der Waals surface area (Å²) in [5, 5.41) is 9.04. The van der Waals surface area contributed by atoms with Gasteiger partial charge in [-0.05, 0) is 19.4 Å². The molecule has 0 saturated carbocycles. The van der Waals surface area contributed by atoms with E-state index in [1.165, 1.54) is 0 Å². The maximum Gasteiger partial charge on any atom is 0.344 e. The van der Waals surface area contributed by atoms with E-state index in [1.54, 1.807) is 6.07 Å². The zero-order valence-corrected chi connectivity index (χ0v) is 10.2. The summed E-state index contributed by atoms with van der Waals surface area (Å²) < 4.78 is 5.55. The van der Waals surface area contributed by atoms with Gasteiger partial charge in [-0.25, -0.2) is 4.79 Å². The van der Waals surface area contributed by atoms with Crippen LogP contribution in [0.3, 0.4) is 0 Å². The predicted molar refractivity (Wildman–Crippen MR) is 68.1 cm³/mol. The van der Waals surface area contributed by atoms with Crippen LogP contribution in [0.25, 0.3) is 6.08 Å². The summed E-state index contributed by atoms with van der Waals surface area (Å²) in [5.41, 5.74) is 0.900. The van der Waals surface area contributed by atoms with Gasteiger partial charge in [0, 0.05) is 5.56 Å². The highest BCUT2D eigenvalue weighted by atomic mass is 16.5. The summed E-state index contributed by atoms with van der Waals surface area (Å²) in [6.45, 7) is 3.86. The largest absolute Gasteiger partial charge is 0.479 e. The highest BCUT2D eigenvalue weighted by Gasteiger charge is 2.18. The van der Waals surface area contributed by atoms with E-state index < -0.39 is 12.1 Å². The van der Waals surface area contributed by atoms with Gasteiger partial charge in [0.05, 0.1) is 0 Å². The molecule has 1 atom stereocenters. The zero-order valence-electron chi connectivity index (χ0n) is 10.2. The van der Waals surface area contributed by atoms with Crippen LogP contribution < -0.4 is 4.74 Å². The fraction of sp³-hybridized carbons (Fsp3) is 0.357. The van der Waals surface area contributed by atoms with Crippen molar-refractivity contribution in [3.05, 3.63) is 35.9 Å². The first-order valence-electron chi connectivity index (χ1n) is 5.80. The van der Waals surface area contributed by atoms with Crippen LogP contribution in [0.5, 0.6) is 5.75 Å². The fourth-order valence-corrected chi connectivity index (χ4v) is 1.55. The van der Waals surface area contributed by atoms with E-state index in [9.17, 15) is 4.79 Å². The number of hydrogen-bond acceptors (Lipinski definition) is 2. The van der Waals surface area contributed by atoms with E-state index >= 15 is 0 Å². The van der Waals surface area contributed by atoms with Crippen LogP contribution in [-0.2, 0) is 4.79 Å². The molecule has 1 rings (SSSR count). The first kappa shape index (κ1) is 13.3. The molecule has 0 fully saturated rings. The summed E-state index contributed by atoms with van der Waals surface area (Å²) >= 11 is 0. The standard InChI is InChI=1S/C14H18O3/c1-3-7-11-9-5-6-10-12(11)17-13(8-4-2)14(15)16/h3,5-7,9-10,13H,4,8H2,1-2H3,(H,15,16)/b7-3+. The lowest BCUT2D eigenvalue weighted by molar-refractivity contribution is -0.145. The van der Waals surface area contributed by atoms with Gasteiger partial charge >= 0.3 is 5.97 Å². The lowest BCUT2D eigenvalue weighted by Gasteiger charge is -2.15. The van der Waals surface area contributed by atoms with Crippen LogP contribution in [0.4, 0.5) is 0 Å². The van der Waals surface area contributed by atoms with Gasteiger partial charge in [-0.15, -0.1) is 0 Å². The van der Waals surface area contributed by atoms with Gasteiger partial charge in [-0.2, -0.15) is 0 Å². The molecule has 0 heterocycles. The molecular weight excluding hydrogens is 216 g/mol. The lowest BCUT2D eigenvalue weighted by Crippen LogP contribution is -2.26. The second-order valence-electron chi connectivity index (χ2n) is 3.77. The van der Waals surface area contributed by atoms with Crippen molar-refractivity contribution < 1.29 is 14.6 Å². The molecular formula is C14H18O3. The third-order valence-corrected chi connectivity index (χ3v) is 2.36. The third-order valence-electron chi connectivity index (χ3n) is 2.36. The van der Waals surface area contributed by atoms with E-state index in [0.717, 1.165) is 12.0 Å². The monoisotopic (exact) mass is 234 g/mol. The van der Waals surface area contributed by atoms with E-state index in [1.807, 2.05) is 44.2 Å². The number of ether oxygens (including phenoxy) is 1. The minimum absolute atomic E-state index is 0.513. The van der Waals surface area contributed by atoms with Crippen LogP contribution >= 0.6 is 0 Å². The van der Waals surface area contributed by atoms with E-state index in [0.29, 0.717) is 12.2 Å². The second kappa shape index (κ2) is 6.74. The summed E-state index contributed by atoms with van der Waals surface area (Å²) in [6.07, 6.45) is 4.33. The van der Waals surface area contributed by atoms with Crippen LogP contribution in [0, 0.1) is 0 Å². The molecule has 1 aromatic carbocycles. The number of allylic oxidation sites excluding steroid dienone is 1. The average Bonchev–Trinajstić information content (AvgIpc) is 2.31. The molecule has 0 aliphatic heterocycles. The smallest absolute Gasteiger partial charge is 0.344 e. The van der Waals surface area contributed by atoms with Gasteiger partial charge in [0.2, 0.25) is 0 Å². The van der Waals surface area contributed by atoms with Crippen molar-refractivity contribution in [1.29, 1.82) is 0 Å². The maximum absolute atomic E-state index is 11.0. The Morgan fingerprint density at radius 1 is 1.47 bits per heavy atom. The summed E-state index contributed by atoms with van der Waals surface area (Å²) in [4.78, 5) is 11.0. The van der Waals surface area contributed by atoms with Gasteiger partial charge in [-0.1, -0.05) is 43.7 Å². The van der Waals surface area contributed by atoms with Crippen LogP contribution in [-0.4, -0.2) is 17.2 Å². The average molecular weight is 234 g/mol. The van der Waals surface area contributed by atoms with E-state index in [2.05, 4.69) is 0 Å². The van der Waals surface area contributed by atoms with Gasteiger partial charge in [-0.3, -0.25) is 0 Å². The topological polar surface area (TPSA) is 46.5 Å². The van der Waals surface area contributed by atoms with Gasteiger partial charge in [0.15, 0.2) is 6.10 Å². The first-order valence-corrected chi connectivity index (χ1v) is 5.80. The van der Waals surface area contributed by atoms with Crippen LogP contribution in [0.1, 0.15) is 32.3 Å². The Bertz CT molecular complexity index is 396. The molecule has 0 amide bonds. The Hall–Kier alpha value is -1.77. The second-order valence-corrected chi connectivity index (χ2v) is 3.77. The predicted octanol–water partition coefficient (Wildman–Crippen LogP) is 3.35. The highest BCUT2D eigenvalue weighted by molar-refractivity contribution is 5.73. The van der Waals surface area contributed by atoms with Gasteiger partial charge in [0.25, 0.3) is 0 Å². The van der Waals surface area contributed by atoms with Gasteiger partial charge < -0.3 is 9.84 Å². The Kier molecular flexibility index (Phi) is 5.27. The molecule has 3 nitrogen and oxygen atoms in total. The van der Waals surface area contributed by atoms with Crippen molar-refractivity contribution >= 4 is 12.0 Å². The van der Waals surface area contributed by atoms with Gasteiger partial charge in [0.1, 0.15) is 5.75 Å². The molecule has 3 heteroatoms. The van der Waals surface area contributed by atoms with E-state index in [4.69, 9.17) is 9.84 Å². The number of para-hydroxylation sites is 1. The first-order chi connectivity index (χ1) is 8.19.